The van der Waals surface area contributed by atoms with Gasteiger partial charge in [-0.25, -0.2) is 9.97 Å². The molecule has 2 heterocycles. The molecule has 0 saturated heterocycles. The molecule has 20 heavy (non-hydrogen) atoms. The summed E-state index contributed by atoms with van der Waals surface area (Å²) >= 11 is 3.58. The highest BCUT2D eigenvalue weighted by molar-refractivity contribution is 9.10. The average Bonchev–Trinajstić information content (AvgIpc) is 3.04. The molecule has 1 aliphatic rings. The van der Waals surface area contributed by atoms with Crippen LogP contribution in [-0.2, 0) is 11.2 Å². The average molecular weight is 338 g/mol. The van der Waals surface area contributed by atoms with E-state index in [2.05, 4.69) is 37.4 Å². The van der Waals surface area contributed by atoms with E-state index < -0.39 is 5.97 Å². The Morgan fingerprint density at radius 2 is 2.30 bits per heavy atom. The molecule has 1 N–H and O–H groups in total. The molecule has 0 radical (unpaired) electrons. The van der Waals surface area contributed by atoms with Gasteiger partial charge in [-0.3, -0.25) is 4.79 Å². The number of fused-ring (bicyclic) bond motifs is 1. The lowest BCUT2D eigenvalue weighted by atomic mass is 10.1. The number of aryl methyl sites for hydroxylation is 1. The van der Waals surface area contributed by atoms with Crippen LogP contribution in [0.4, 0.5) is 0 Å². The first-order chi connectivity index (χ1) is 9.61. The van der Waals surface area contributed by atoms with Gasteiger partial charge < -0.3 is 9.67 Å². The molecule has 106 valence electrons. The lowest BCUT2D eigenvalue weighted by Gasteiger charge is -2.13. The van der Waals surface area contributed by atoms with Crippen LogP contribution in [0.5, 0.6) is 0 Å². The van der Waals surface area contributed by atoms with Crippen LogP contribution in [0.1, 0.15) is 37.9 Å². The summed E-state index contributed by atoms with van der Waals surface area (Å²) < 4.78 is 3.10. The second kappa shape index (κ2) is 5.16. The summed E-state index contributed by atoms with van der Waals surface area (Å²) in [5.41, 5.74) is 1.92. The zero-order valence-electron chi connectivity index (χ0n) is 11.2. The number of halogens is 1. The number of carboxylic acid groups (broad SMARTS) is 1. The molecule has 6 heteroatoms. The second-order valence-corrected chi connectivity index (χ2v) is 6.11. The fourth-order valence-electron chi connectivity index (χ4n) is 3.08. The van der Waals surface area contributed by atoms with Gasteiger partial charge in [0.25, 0.3) is 0 Å². The van der Waals surface area contributed by atoms with Gasteiger partial charge in [0.1, 0.15) is 12.0 Å². The molecule has 0 aromatic carbocycles. The van der Waals surface area contributed by atoms with Crippen molar-refractivity contribution in [1.29, 1.82) is 0 Å². The van der Waals surface area contributed by atoms with Gasteiger partial charge in [-0.2, -0.15) is 0 Å². The Morgan fingerprint density at radius 3 is 2.95 bits per heavy atom. The van der Waals surface area contributed by atoms with Crippen LogP contribution >= 0.6 is 15.9 Å². The lowest BCUT2D eigenvalue weighted by molar-refractivity contribution is -0.141. The predicted octanol–water partition coefficient (Wildman–Crippen LogP) is 3.18. The minimum Gasteiger partial charge on any atom is -0.481 e. The molecule has 0 spiro atoms. The van der Waals surface area contributed by atoms with Gasteiger partial charge in [0.05, 0.1) is 17.0 Å². The quantitative estimate of drug-likeness (QED) is 0.933. The van der Waals surface area contributed by atoms with Crippen molar-refractivity contribution in [3.8, 4) is 0 Å². The molecule has 2 unspecified atom stereocenters. The fourth-order valence-corrected chi connectivity index (χ4v) is 3.71. The predicted molar refractivity (Wildman–Crippen MR) is 78.6 cm³/mol. The number of aliphatic carboxylic acids is 1. The molecular formula is C14H16BrN3O2. The van der Waals surface area contributed by atoms with E-state index in [9.17, 15) is 4.79 Å². The number of carbonyl (C=O) groups is 1. The molecule has 0 bridgehead atoms. The minimum absolute atomic E-state index is 0.213. The Balaban J connectivity index is 2.03. The number of aromatic nitrogens is 3. The fraction of sp³-hybridized carbons (Fsp3) is 0.500. The maximum Gasteiger partial charge on any atom is 0.306 e. The zero-order valence-corrected chi connectivity index (χ0v) is 12.8. The van der Waals surface area contributed by atoms with Crippen molar-refractivity contribution >= 4 is 32.9 Å². The summed E-state index contributed by atoms with van der Waals surface area (Å²) in [5, 5.41) is 10.2. The van der Waals surface area contributed by atoms with Crippen molar-refractivity contribution in [3.05, 3.63) is 22.7 Å². The summed E-state index contributed by atoms with van der Waals surface area (Å²) in [5.74, 6) is -0.921. The molecule has 1 saturated carbocycles. The van der Waals surface area contributed by atoms with Crippen LogP contribution < -0.4 is 0 Å². The highest BCUT2D eigenvalue weighted by Gasteiger charge is 2.32. The lowest BCUT2D eigenvalue weighted by Crippen LogP contribution is -2.11. The first kappa shape index (κ1) is 13.5. The van der Waals surface area contributed by atoms with E-state index in [1.165, 1.54) is 0 Å². The van der Waals surface area contributed by atoms with Crippen molar-refractivity contribution in [2.75, 3.05) is 0 Å². The van der Waals surface area contributed by atoms with Crippen LogP contribution in [0, 0.1) is 5.92 Å². The van der Waals surface area contributed by atoms with Crippen LogP contribution in [0.25, 0.3) is 11.0 Å². The Morgan fingerprint density at radius 1 is 1.50 bits per heavy atom. The highest BCUT2D eigenvalue weighted by Crippen LogP contribution is 2.38. The van der Waals surface area contributed by atoms with Gasteiger partial charge in [0.2, 0.25) is 0 Å². The SMILES string of the molecule is CCc1ncnc2c1c(Br)cn2C1CCC(C(=O)O)C1. The molecule has 2 aromatic rings. The number of hydrogen-bond donors (Lipinski definition) is 1. The van der Waals surface area contributed by atoms with E-state index in [0.29, 0.717) is 6.42 Å². The molecule has 0 amide bonds. The van der Waals surface area contributed by atoms with Crippen LogP contribution in [0.15, 0.2) is 17.0 Å². The normalized spacial score (nSPS) is 22.5. The number of carboxylic acids is 1. The van der Waals surface area contributed by atoms with Crippen molar-refractivity contribution < 1.29 is 9.90 Å². The summed E-state index contributed by atoms with van der Waals surface area (Å²) in [6.45, 7) is 2.07. The third kappa shape index (κ3) is 2.12. The molecule has 0 aliphatic heterocycles. The first-order valence-corrected chi connectivity index (χ1v) is 7.63. The zero-order chi connectivity index (χ0) is 14.3. The van der Waals surface area contributed by atoms with E-state index >= 15 is 0 Å². The van der Waals surface area contributed by atoms with Crippen molar-refractivity contribution in [3.63, 3.8) is 0 Å². The van der Waals surface area contributed by atoms with Crippen LogP contribution in [0.2, 0.25) is 0 Å². The smallest absolute Gasteiger partial charge is 0.306 e. The van der Waals surface area contributed by atoms with Gasteiger partial charge in [0.15, 0.2) is 0 Å². The maximum absolute atomic E-state index is 11.1. The Bertz CT molecular complexity index is 668. The van der Waals surface area contributed by atoms with Gasteiger partial charge >= 0.3 is 5.97 Å². The van der Waals surface area contributed by atoms with E-state index in [-0.39, 0.29) is 12.0 Å². The summed E-state index contributed by atoms with van der Waals surface area (Å²) in [4.78, 5) is 19.8. The van der Waals surface area contributed by atoms with E-state index in [1.54, 1.807) is 6.33 Å². The van der Waals surface area contributed by atoms with Crippen molar-refractivity contribution in [1.82, 2.24) is 14.5 Å². The summed E-state index contributed by atoms with van der Waals surface area (Å²) in [6, 6.07) is 0.213. The summed E-state index contributed by atoms with van der Waals surface area (Å²) in [7, 11) is 0. The van der Waals surface area contributed by atoms with Gasteiger partial charge in [-0.05, 0) is 41.6 Å². The van der Waals surface area contributed by atoms with Crippen molar-refractivity contribution in [2.24, 2.45) is 5.92 Å². The molecule has 2 aromatic heterocycles. The van der Waals surface area contributed by atoms with Crippen LogP contribution in [-0.4, -0.2) is 25.6 Å². The third-order valence-corrected chi connectivity index (χ3v) is 4.73. The second-order valence-electron chi connectivity index (χ2n) is 5.26. The van der Waals surface area contributed by atoms with E-state index in [1.807, 2.05) is 6.20 Å². The largest absolute Gasteiger partial charge is 0.481 e. The number of hydrogen-bond acceptors (Lipinski definition) is 3. The number of nitrogens with zero attached hydrogens (tertiary/aromatic N) is 3. The molecule has 1 fully saturated rings. The third-order valence-electron chi connectivity index (χ3n) is 4.12. The first-order valence-electron chi connectivity index (χ1n) is 6.84. The Kier molecular flexibility index (Phi) is 3.50. The maximum atomic E-state index is 11.1. The van der Waals surface area contributed by atoms with E-state index in [0.717, 1.165) is 40.5 Å². The summed E-state index contributed by atoms with van der Waals surface area (Å²) in [6.07, 6.45) is 6.77. The topological polar surface area (TPSA) is 68.0 Å². The van der Waals surface area contributed by atoms with Gasteiger partial charge in [-0.1, -0.05) is 6.92 Å². The minimum atomic E-state index is -0.688. The van der Waals surface area contributed by atoms with Crippen LogP contribution in [0.3, 0.4) is 0 Å². The van der Waals surface area contributed by atoms with E-state index in [4.69, 9.17) is 5.11 Å². The highest BCUT2D eigenvalue weighted by atomic mass is 79.9. The Labute approximate surface area is 125 Å². The van der Waals surface area contributed by atoms with Gasteiger partial charge in [-0.15, -0.1) is 0 Å². The standard InChI is InChI=1S/C14H16BrN3O2/c1-2-11-12-10(15)6-18(13(12)17-7-16-11)9-4-3-8(5-9)14(19)20/h6-9H,2-5H2,1H3,(H,19,20). The molecular weight excluding hydrogens is 322 g/mol. The Hall–Kier alpha value is -1.43. The van der Waals surface area contributed by atoms with Gasteiger partial charge in [0, 0.05) is 16.7 Å². The molecule has 1 aliphatic carbocycles. The monoisotopic (exact) mass is 337 g/mol. The molecule has 3 rings (SSSR count). The molecule has 2 atom stereocenters. The number of rotatable bonds is 3. The van der Waals surface area contributed by atoms with Crippen molar-refractivity contribution in [2.45, 2.75) is 38.6 Å². The molecule has 5 nitrogen and oxygen atoms in total.